The number of nitrogens with two attached hydrogens (primary N) is 1. The first-order valence-electron chi connectivity index (χ1n) is 6.21. The monoisotopic (exact) mass is 294 g/mol. The smallest absolute Gasteiger partial charge is 0.227 e. The lowest BCUT2D eigenvalue weighted by Crippen LogP contribution is -2.29. The average Bonchev–Trinajstić information content (AvgIpc) is 2.39. The number of halogens is 1. The Hall–Kier alpha value is -1.54. The second-order valence-corrected chi connectivity index (χ2v) is 5.30. The molecule has 0 saturated carbocycles. The van der Waals surface area contributed by atoms with Crippen LogP contribution in [0, 0.1) is 11.8 Å². The van der Waals surface area contributed by atoms with Crippen LogP contribution in [-0.4, -0.2) is 25.2 Å². The molecule has 0 aliphatic carbocycles. The minimum atomic E-state index is -0.520. The highest BCUT2D eigenvalue weighted by Crippen LogP contribution is 2.24. The number of hydrogen-bond acceptors (Lipinski definition) is 3. The van der Waals surface area contributed by atoms with E-state index in [-0.39, 0.29) is 18.9 Å². The van der Waals surface area contributed by atoms with Gasteiger partial charge < -0.3 is 15.8 Å². The van der Waals surface area contributed by atoms with E-state index in [9.17, 15) is 4.79 Å². The lowest BCUT2D eigenvalue weighted by atomic mass is 10.0. The molecule has 0 saturated heterocycles. The summed E-state index contributed by atoms with van der Waals surface area (Å²) in [5, 5.41) is 3.23. The van der Waals surface area contributed by atoms with Crippen molar-refractivity contribution in [2.24, 2.45) is 5.73 Å². The largest absolute Gasteiger partial charge is 0.378 e. The molecule has 0 aliphatic heterocycles. The summed E-state index contributed by atoms with van der Waals surface area (Å²) in [4.78, 5) is 12.0. The van der Waals surface area contributed by atoms with Crippen LogP contribution in [0.1, 0.15) is 25.8 Å². The van der Waals surface area contributed by atoms with Gasteiger partial charge >= 0.3 is 0 Å². The third kappa shape index (κ3) is 5.22. The van der Waals surface area contributed by atoms with E-state index in [4.69, 9.17) is 22.1 Å². The zero-order chi connectivity index (χ0) is 15.2. The molecule has 1 aromatic rings. The SMILES string of the molecule is COC(C)(C)CC(=O)Nc1cc(C#CCN)ccc1Cl. The predicted octanol–water partition coefficient (Wildman–Crippen LogP) is 2.40. The van der Waals surface area contributed by atoms with Gasteiger partial charge in [0.2, 0.25) is 5.91 Å². The van der Waals surface area contributed by atoms with E-state index in [2.05, 4.69) is 17.2 Å². The fourth-order valence-electron chi connectivity index (χ4n) is 1.51. The Kier molecular flexibility index (Phi) is 6.03. The predicted molar refractivity (Wildman–Crippen MR) is 81.7 cm³/mol. The van der Waals surface area contributed by atoms with Crippen LogP contribution < -0.4 is 11.1 Å². The molecule has 0 fully saturated rings. The van der Waals surface area contributed by atoms with Crippen molar-refractivity contribution in [2.45, 2.75) is 25.9 Å². The Labute approximate surface area is 124 Å². The van der Waals surface area contributed by atoms with Gasteiger partial charge in [0.25, 0.3) is 0 Å². The molecule has 108 valence electrons. The van der Waals surface area contributed by atoms with E-state index in [1.807, 2.05) is 13.8 Å². The molecule has 0 heterocycles. The van der Waals surface area contributed by atoms with Crippen molar-refractivity contribution >= 4 is 23.2 Å². The number of amides is 1. The molecule has 0 atom stereocenters. The Morgan fingerprint density at radius 2 is 2.20 bits per heavy atom. The number of nitrogens with one attached hydrogen (secondary N) is 1. The van der Waals surface area contributed by atoms with E-state index < -0.39 is 5.60 Å². The van der Waals surface area contributed by atoms with Gasteiger partial charge in [-0.15, -0.1) is 0 Å². The van der Waals surface area contributed by atoms with Gasteiger partial charge in [0, 0.05) is 12.7 Å². The molecule has 0 radical (unpaired) electrons. The molecule has 0 aliphatic rings. The van der Waals surface area contributed by atoms with E-state index in [1.54, 1.807) is 25.3 Å². The van der Waals surface area contributed by atoms with Crippen LogP contribution in [0.5, 0.6) is 0 Å². The highest BCUT2D eigenvalue weighted by atomic mass is 35.5. The van der Waals surface area contributed by atoms with Crippen LogP contribution >= 0.6 is 11.6 Å². The van der Waals surface area contributed by atoms with Gasteiger partial charge in [-0.3, -0.25) is 4.79 Å². The zero-order valence-electron chi connectivity index (χ0n) is 11.9. The fourth-order valence-corrected chi connectivity index (χ4v) is 1.67. The number of methoxy groups -OCH3 is 1. The van der Waals surface area contributed by atoms with E-state index in [1.165, 1.54) is 0 Å². The molecule has 0 unspecified atom stereocenters. The first-order valence-corrected chi connectivity index (χ1v) is 6.59. The number of carbonyl (C=O) groups excluding carboxylic acids is 1. The first-order chi connectivity index (χ1) is 9.38. The second kappa shape index (κ2) is 7.30. The first kappa shape index (κ1) is 16.5. The number of benzene rings is 1. The normalized spacial score (nSPS) is 10.7. The van der Waals surface area contributed by atoms with Crippen molar-refractivity contribution in [1.29, 1.82) is 0 Å². The summed E-state index contributed by atoms with van der Waals surface area (Å²) in [5.74, 6) is 5.48. The van der Waals surface area contributed by atoms with Gasteiger partial charge in [-0.25, -0.2) is 0 Å². The Morgan fingerprint density at radius 1 is 1.50 bits per heavy atom. The molecule has 1 amide bonds. The van der Waals surface area contributed by atoms with Crippen LogP contribution in [0.2, 0.25) is 5.02 Å². The molecule has 3 N–H and O–H groups in total. The summed E-state index contributed by atoms with van der Waals surface area (Å²) in [7, 11) is 1.57. The second-order valence-electron chi connectivity index (χ2n) is 4.89. The number of rotatable bonds is 4. The molecule has 5 heteroatoms. The van der Waals surface area contributed by atoms with Crippen LogP contribution in [0.4, 0.5) is 5.69 Å². The standard InChI is InChI=1S/C15H19ClN2O2/c1-15(2,20-3)10-14(19)18-13-9-11(5-4-8-17)6-7-12(13)16/h6-7,9H,8,10,17H2,1-3H3,(H,18,19). The van der Waals surface area contributed by atoms with Gasteiger partial charge in [0.05, 0.1) is 29.3 Å². The van der Waals surface area contributed by atoms with Crippen molar-refractivity contribution in [2.75, 3.05) is 19.0 Å². The van der Waals surface area contributed by atoms with Gasteiger partial charge in [0.1, 0.15) is 0 Å². The van der Waals surface area contributed by atoms with Crippen molar-refractivity contribution in [1.82, 2.24) is 0 Å². The zero-order valence-corrected chi connectivity index (χ0v) is 12.7. The number of anilines is 1. The van der Waals surface area contributed by atoms with Crippen molar-refractivity contribution < 1.29 is 9.53 Å². The molecule has 0 bridgehead atoms. The number of carbonyl (C=O) groups is 1. The highest BCUT2D eigenvalue weighted by molar-refractivity contribution is 6.33. The van der Waals surface area contributed by atoms with Crippen molar-refractivity contribution in [3.63, 3.8) is 0 Å². The van der Waals surface area contributed by atoms with Gasteiger partial charge in [0.15, 0.2) is 0 Å². The van der Waals surface area contributed by atoms with E-state index in [0.29, 0.717) is 10.7 Å². The molecular formula is C15H19ClN2O2. The Balaban J connectivity index is 2.83. The Morgan fingerprint density at radius 3 is 2.80 bits per heavy atom. The van der Waals surface area contributed by atoms with Gasteiger partial charge in [-0.2, -0.15) is 0 Å². The third-order valence-corrected chi connectivity index (χ3v) is 3.04. The molecule has 1 rings (SSSR count). The molecule has 0 spiro atoms. The Bertz CT molecular complexity index is 545. The van der Waals surface area contributed by atoms with Gasteiger partial charge in [-0.05, 0) is 32.0 Å². The summed E-state index contributed by atoms with van der Waals surface area (Å²) in [5.41, 5.74) is 6.09. The fraction of sp³-hybridized carbons (Fsp3) is 0.400. The third-order valence-electron chi connectivity index (χ3n) is 2.71. The summed E-state index contributed by atoms with van der Waals surface area (Å²) in [6.45, 7) is 3.97. The minimum Gasteiger partial charge on any atom is -0.378 e. The van der Waals surface area contributed by atoms with E-state index in [0.717, 1.165) is 5.56 Å². The lowest BCUT2D eigenvalue weighted by molar-refractivity contribution is -0.121. The maximum absolute atomic E-state index is 12.0. The molecule has 1 aromatic carbocycles. The summed E-state index contributed by atoms with van der Waals surface area (Å²) in [6.07, 6.45) is 0.235. The molecule has 4 nitrogen and oxygen atoms in total. The average molecular weight is 295 g/mol. The van der Waals surface area contributed by atoms with Crippen LogP contribution in [0.15, 0.2) is 18.2 Å². The number of ether oxygens (including phenoxy) is 1. The summed E-state index contributed by atoms with van der Waals surface area (Å²) < 4.78 is 5.22. The van der Waals surface area contributed by atoms with Crippen LogP contribution in [0.25, 0.3) is 0 Å². The number of hydrogen-bond donors (Lipinski definition) is 2. The maximum atomic E-state index is 12.0. The van der Waals surface area contributed by atoms with Crippen molar-refractivity contribution in [3.05, 3.63) is 28.8 Å². The highest BCUT2D eigenvalue weighted by Gasteiger charge is 2.21. The quantitative estimate of drug-likeness (QED) is 0.838. The molecular weight excluding hydrogens is 276 g/mol. The van der Waals surface area contributed by atoms with E-state index >= 15 is 0 Å². The molecule has 20 heavy (non-hydrogen) atoms. The minimum absolute atomic E-state index is 0.164. The van der Waals surface area contributed by atoms with Gasteiger partial charge in [-0.1, -0.05) is 23.4 Å². The molecule has 0 aromatic heterocycles. The topological polar surface area (TPSA) is 64.3 Å². The lowest BCUT2D eigenvalue weighted by Gasteiger charge is -2.22. The van der Waals surface area contributed by atoms with Crippen LogP contribution in [-0.2, 0) is 9.53 Å². The van der Waals surface area contributed by atoms with Crippen LogP contribution in [0.3, 0.4) is 0 Å². The maximum Gasteiger partial charge on any atom is 0.227 e. The van der Waals surface area contributed by atoms with Crippen molar-refractivity contribution in [3.8, 4) is 11.8 Å². The summed E-state index contributed by atoms with van der Waals surface area (Å²) in [6, 6.07) is 5.20. The summed E-state index contributed by atoms with van der Waals surface area (Å²) >= 11 is 6.06.